The van der Waals surface area contributed by atoms with Crippen LogP contribution in [0.5, 0.6) is 0 Å². The second-order valence-corrected chi connectivity index (χ2v) is 3.85. The minimum atomic E-state index is -0.759. The molecule has 1 N–H and O–H groups in total. The van der Waals surface area contributed by atoms with Crippen LogP contribution in [-0.2, 0) is 9.59 Å². The highest BCUT2D eigenvalue weighted by atomic mass is 16.4. The number of carbonyl (C=O) groups is 2. The number of likely N-dealkylation sites (N-methyl/N-ethyl adjacent to an activating group) is 1. The number of nitrogens with zero attached hydrogens (tertiary/aromatic N) is 2. The largest absolute Gasteiger partial charge is 0.481 e. The number of likely N-dealkylation sites (tertiary alicyclic amines) is 1. The van der Waals surface area contributed by atoms with E-state index in [9.17, 15) is 9.59 Å². The molecule has 1 atom stereocenters. The van der Waals surface area contributed by atoms with Crippen LogP contribution >= 0.6 is 0 Å². The van der Waals surface area contributed by atoms with Crippen LogP contribution in [0.2, 0.25) is 0 Å². The van der Waals surface area contributed by atoms with Crippen LogP contribution < -0.4 is 0 Å². The molecular weight excluding hydrogens is 184 g/mol. The number of hydrogen-bond acceptors (Lipinski definition) is 3. The van der Waals surface area contributed by atoms with Crippen molar-refractivity contribution in [1.82, 2.24) is 9.80 Å². The maximum atomic E-state index is 11.3. The third-order valence-corrected chi connectivity index (χ3v) is 2.48. The molecule has 0 aromatic carbocycles. The summed E-state index contributed by atoms with van der Waals surface area (Å²) >= 11 is 0. The molecule has 0 radical (unpaired) electrons. The Balaban J connectivity index is 2.36. The Hall–Kier alpha value is -1.10. The summed E-state index contributed by atoms with van der Waals surface area (Å²) in [5.41, 5.74) is 0. The molecule has 0 aliphatic carbocycles. The van der Waals surface area contributed by atoms with Crippen molar-refractivity contribution >= 4 is 11.9 Å². The summed E-state index contributed by atoms with van der Waals surface area (Å²) in [6.07, 6.45) is 0.649. The van der Waals surface area contributed by atoms with Crippen molar-refractivity contribution in [2.75, 3.05) is 33.7 Å². The first-order valence-corrected chi connectivity index (χ1v) is 4.66. The van der Waals surface area contributed by atoms with Gasteiger partial charge in [-0.1, -0.05) is 0 Å². The molecule has 1 heterocycles. The Morgan fingerprint density at radius 3 is 2.57 bits per heavy atom. The Bertz CT molecular complexity index is 240. The van der Waals surface area contributed by atoms with Crippen LogP contribution in [-0.4, -0.2) is 60.5 Å². The third-order valence-electron chi connectivity index (χ3n) is 2.48. The van der Waals surface area contributed by atoms with Gasteiger partial charge in [0.05, 0.1) is 12.5 Å². The molecule has 5 heteroatoms. The molecule has 1 saturated heterocycles. The first-order valence-electron chi connectivity index (χ1n) is 4.66. The molecule has 14 heavy (non-hydrogen) atoms. The van der Waals surface area contributed by atoms with Gasteiger partial charge in [-0.3, -0.25) is 14.5 Å². The van der Waals surface area contributed by atoms with Gasteiger partial charge in [-0.05, 0) is 13.0 Å². The summed E-state index contributed by atoms with van der Waals surface area (Å²) in [4.78, 5) is 25.4. The number of carboxylic acid groups (broad SMARTS) is 1. The van der Waals surface area contributed by atoms with Crippen molar-refractivity contribution in [2.45, 2.75) is 6.42 Å². The number of hydrogen-bond donors (Lipinski definition) is 1. The van der Waals surface area contributed by atoms with Gasteiger partial charge in [-0.25, -0.2) is 0 Å². The molecule has 1 rings (SSSR count). The molecule has 1 fully saturated rings. The maximum absolute atomic E-state index is 11.3. The van der Waals surface area contributed by atoms with E-state index in [1.165, 1.54) is 4.90 Å². The normalized spacial score (nSPS) is 22.3. The Labute approximate surface area is 83.3 Å². The average molecular weight is 200 g/mol. The minimum absolute atomic E-state index is 0.0241. The molecular formula is C9H16N2O3. The highest BCUT2D eigenvalue weighted by molar-refractivity contribution is 5.78. The zero-order valence-electron chi connectivity index (χ0n) is 8.56. The summed E-state index contributed by atoms with van der Waals surface area (Å²) in [7, 11) is 3.40. The fourth-order valence-electron chi connectivity index (χ4n) is 1.51. The lowest BCUT2D eigenvalue weighted by molar-refractivity contribution is -0.141. The zero-order chi connectivity index (χ0) is 10.7. The van der Waals surface area contributed by atoms with Crippen LogP contribution in [0, 0.1) is 5.92 Å². The lowest BCUT2D eigenvalue weighted by atomic mass is 10.1. The minimum Gasteiger partial charge on any atom is -0.481 e. The van der Waals surface area contributed by atoms with Gasteiger partial charge in [0.2, 0.25) is 5.91 Å². The number of carbonyl (C=O) groups excluding carboxylic acids is 1. The molecule has 80 valence electrons. The second-order valence-electron chi connectivity index (χ2n) is 3.85. The third kappa shape index (κ3) is 2.70. The average Bonchev–Trinajstić information content (AvgIpc) is 2.52. The van der Waals surface area contributed by atoms with Gasteiger partial charge >= 0.3 is 5.97 Å². The van der Waals surface area contributed by atoms with E-state index in [0.29, 0.717) is 26.1 Å². The van der Waals surface area contributed by atoms with Gasteiger partial charge in [-0.15, -0.1) is 0 Å². The Kier molecular flexibility index (Phi) is 3.46. The summed E-state index contributed by atoms with van der Waals surface area (Å²) in [5.74, 6) is -1.04. The van der Waals surface area contributed by atoms with Gasteiger partial charge in [-0.2, -0.15) is 0 Å². The van der Waals surface area contributed by atoms with Crippen molar-refractivity contribution in [3.63, 3.8) is 0 Å². The first kappa shape index (κ1) is 11.0. The van der Waals surface area contributed by atoms with Crippen molar-refractivity contribution in [1.29, 1.82) is 0 Å². The quantitative estimate of drug-likeness (QED) is 0.666. The van der Waals surface area contributed by atoms with Crippen molar-refractivity contribution in [3.05, 3.63) is 0 Å². The molecule has 0 aromatic rings. The van der Waals surface area contributed by atoms with Gasteiger partial charge < -0.3 is 10.0 Å². The number of aliphatic carboxylic acids is 1. The molecule has 1 aliphatic heterocycles. The summed E-state index contributed by atoms with van der Waals surface area (Å²) in [6.45, 7) is 1.53. The fraction of sp³-hybridized carbons (Fsp3) is 0.778. The van der Waals surface area contributed by atoms with E-state index < -0.39 is 5.97 Å². The Morgan fingerprint density at radius 1 is 1.50 bits per heavy atom. The number of carboxylic acids is 1. The van der Waals surface area contributed by atoms with Crippen LogP contribution in [0.15, 0.2) is 0 Å². The van der Waals surface area contributed by atoms with E-state index in [1.54, 1.807) is 14.1 Å². The van der Waals surface area contributed by atoms with E-state index in [4.69, 9.17) is 5.11 Å². The molecule has 0 saturated carbocycles. The summed E-state index contributed by atoms with van der Waals surface area (Å²) < 4.78 is 0. The van der Waals surface area contributed by atoms with E-state index in [0.717, 1.165) is 0 Å². The van der Waals surface area contributed by atoms with Gasteiger partial charge in [0.25, 0.3) is 0 Å². The molecule has 1 aliphatic rings. The van der Waals surface area contributed by atoms with E-state index in [1.807, 2.05) is 4.90 Å². The zero-order valence-corrected chi connectivity index (χ0v) is 8.56. The maximum Gasteiger partial charge on any atom is 0.307 e. The summed E-state index contributed by atoms with van der Waals surface area (Å²) in [5, 5.41) is 8.75. The van der Waals surface area contributed by atoms with E-state index >= 15 is 0 Å². The van der Waals surface area contributed by atoms with Crippen molar-refractivity contribution < 1.29 is 14.7 Å². The van der Waals surface area contributed by atoms with Gasteiger partial charge in [0.15, 0.2) is 0 Å². The van der Waals surface area contributed by atoms with Crippen LogP contribution in [0.25, 0.3) is 0 Å². The first-order chi connectivity index (χ1) is 6.50. The Morgan fingerprint density at radius 2 is 2.14 bits per heavy atom. The SMILES string of the molecule is CN(C)C(=O)CN1CCC(C(=O)O)C1. The lowest BCUT2D eigenvalue weighted by Gasteiger charge is -2.17. The van der Waals surface area contributed by atoms with Crippen molar-refractivity contribution in [2.24, 2.45) is 5.92 Å². The molecule has 0 bridgehead atoms. The predicted molar refractivity (Wildman–Crippen MR) is 50.9 cm³/mol. The topological polar surface area (TPSA) is 60.9 Å². The predicted octanol–water partition coefficient (Wildman–Crippen LogP) is -0.519. The lowest BCUT2D eigenvalue weighted by Crippen LogP contribution is -2.35. The molecule has 0 aromatic heterocycles. The fourth-order valence-corrected chi connectivity index (χ4v) is 1.51. The highest BCUT2D eigenvalue weighted by Gasteiger charge is 2.28. The molecule has 5 nitrogen and oxygen atoms in total. The standard InChI is InChI=1S/C9H16N2O3/c1-10(2)8(12)6-11-4-3-7(5-11)9(13)14/h7H,3-6H2,1-2H3,(H,13,14). The number of rotatable bonds is 3. The van der Waals surface area contributed by atoms with Crippen LogP contribution in [0.3, 0.4) is 0 Å². The molecule has 0 spiro atoms. The monoisotopic (exact) mass is 200 g/mol. The van der Waals surface area contributed by atoms with E-state index in [-0.39, 0.29) is 11.8 Å². The molecule has 1 amide bonds. The smallest absolute Gasteiger partial charge is 0.307 e. The van der Waals surface area contributed by atoms with Gasteiger partial charge in [0.1, 0.15) is 0 Å². The highest BCUT2D eigenvalue weighted by Crippen LogP contribution is 2.15. The second kappa shape index (κ2) is 4.41. The summed E-state index contributed by atoms with van der Waals surface area (Å²) in [6, 6.07) is 0. The van der Waals surface area contributed by atoms with E-state index in [2.05, 4.69) is 0 Å². The van der Waals surface area contributed by atoms with Crippen LogP contribution in [0.1, 0.15) is 6.42 Å². The van der Waals surface area contributed by atoms with Gasteiger partial charge in [0, 0.05) is 20.6 Å². The van der Waals surface area contributed by atoms with Crippen molar-refractivity contribution in [3.8, 4) is 0 Å². The van der Waals surface area contributed by atoms with Crippen LogP contribution in [0.4, 0.5) is 0 Å². The molecule has 1 unspecified atom stereocenters. The number of amides is 1.